The normalized spacial score (nSPS) is 13.1. The van der Waals surface area contributed by atoms with Gasteiger partial charge in [0.05, 0.1) is 23.0 Å². The van der Waals surface area contributed by atoms with Crippen LogP contribution in [0.15, 0.2) is 23.0 Å². The molecular weight excluding hydrogens is 218 g/mol. The molecule has 1 atom stereocenters. The van der Waals surface area contributed by atoms with Gasteiger partial charge in [-0.15, -0.1) is 0 Å². The van der Waals surface area contributed by atoms with Crippen LogP contribution in [0.1, 0.15) is 17.3 Å². The standard InChI is InChI=1S/C9H10ClN3S/c1-13-9(7(10)4-12-13)8(11)6-2-3-14-5-6/h2-5,8H,11H2,1H3. The summed E-state index contributed by atoms with van der Waals surface area (Å²) in [6.45, 7) is 0. The fourth-order valence-corrected chi connectivity index (χ4v) is 2.36. The third-order valence-corrected chi connectivity index (χ3v) is 3.13. The van der Waals surface area contributed by atoms with Crippen LogP contribution in [0.3, 0.4) is 0 Å². The summed E-state index contributed by atoms with van der Waals surface area (Å²) < 4.78 is 1.71. The van der Waals surface area contributed by atoms with E-state index in [1.807, 2.05) is 23.9 Å². The lowest BCUT2D eigenvalue weighted by atomic mass is 10.1. The fourth-order valence-electron chi connectivity index (χ4n) is 1.38. The average Bonchev–Trinajstić information content (AvgIpc) is 2.75. The molecule has 0 aliphatic rings. The van der Waals surface area contributed by atoms with Gasteiger partial charge in [0.2, 0.25) is 0 Å². The van der Waals surface area contributed by atoms with Crippen LogP contribution in [0, 0.1) is 0 Å². The van der Waals surface area contributed by atoms with Crippen LogP contribution in [0.25, 0.3) is 0 Å². The van der Waals surface area contributed by atoms with Crippen LogP contribution in [0.2, 0.25) is 5.02 Å². The van der Waals surface area contributed by atoms with E-state index in [1.165, 1.54) is 0 Å². The highest BCUT2D eigenvalue weighted by Crippen LogP contribution is 2.26. The summed E-state index contributed by atoms with van der Waals surface area (Å²) in [6, 6.07) is 1.81. The van der Waals surface area contributed by atoms with Crippen LogP contribution in [0.5, 0.6) is 0 Å². The zero-order chi connectivity index (χ0) is 10.1. The lowest BCUT2D eigenvalue weighted by Gasteiger charge is -2.10. The molecule has 0 amide bonds. The maximum Gasteiger partial charge on any atom is 0.0837 e. The molecule has 74 valence electrons. The van der Waals surface area contributed by atoms with Crippen LogP contribution in [-0.4, -0.2) is 9.78 Å². The number of nitrogens with zero attached hydrogens (tertiary/aromatic N) is 2. The van der Waals surface area contributed by atoms with E-state index in [0.29, 0.717) is 5.02 Å². The Hall–Kier alpha value is -0.840. The number of nitrogens with two attached hydrogens (primary N) is 1. The zero-order valence-corrected chi connectivity index (χ0v) is 9.22. The van der Waals surface area contributed by atoms with Crippen LogP contribution in [-0.2, 0) is 7.05 Å². The molecule has 3 nitrogen and oxygen atoms in total. The molecule has 0 aliphatic heterocycles. The molecule has 0 saturated carbocycles. The number of halogens is 1. The van der Waals surface area contributed by atoms with Gasteiger partial charge >= 0.3 is 0 Å². The van der Waals surface area contributed by atoms with Gasteiger partial charge in [0.15, 0.2) is 0 Å². The number of rotatable bonds is 2. The van der Waals surface area contributed by atoms with Crippen molar-refractivity contribution < 1.29 is 0 Å². The first-order chi connectivity index (χ1) is 6.70. The first-order valence-electron chi connectivity index (χ1n) is 4.15. The third kappa shape index (κ3) is 1.56. The highest BCUT2D eigenvalue weighted by atomic mass is 35.5. The van der Waals surface area contributed by atoms with Gasteiger partial charge in [0.1, 0.15) is 0 Å². The van der Waals surface area contributed by atoms with Crippen molar-refractivity contribution >= 4 is 22.9 Å². The van der Waals surface area contributed by atoms with Crippen molar-refractivity contribution in [3.05, 3.63) is 39.3 Å². The second kappa shape index (κ2) is 3.73. The van der Waals surface area contributed by atoms with E-state index in [9.17, 15) is 0 Å². The Bertz CT molecular complexity index is 402. The van der Waals surface area contributed by atoms with E-state index < -0.39 is 0 Å². The minimum Gasteiger partial charge on any atom is -0.319 e. The SMILES string of the molecule is Cn1ncc(Cl)c1C(N)c1ccsc1. The van der Waals surface area contributed by atoms with E-state index in [4.69, 9.17) is 17.3 Å². The summed E-state index contributed by atoms with van der Waals surface area (Å²) in [7, 11) is 1.84. The molecule has 5 heteroatoms. The van der Waals surface area contributed by atoms with Gasteiger partial charge in [-0.25, -0.2) is 0 Å². The van der Waals surface area contributed by atoms with Gasteiger partial charge in [-0.1, -0.05) is 11.6 Å². The minimum absolute atomic E-state index is 0.193. The van der Waals surface area contributed by atoms with Gasteiger partial charge in [0.25, 0.3) is 0 Å². The first-order valence-corrected chi connectivity index (χ1v) is 5.47. The summed E-state index contributed by atoms with van der Waals surface area (Å²) in [4.78, 5) is 0. The molecule has 2 heterocycles. The second-order valence-corrected chi connectivity index (χ2v) is 4.22. The highest BCUT2D eigenvalue weighted by Gasteiger charge is 2.16. The Kier molecular flexibility index (Phi) is 2.58. The Morgan fingerprint density at radius 3 is 2.93 bits per heavy atom. The fraction of sp³-hybridized carbons (Fsp3) is 0.222. The largest absolute Gasteiger partial charge is 0.319 e. The molecule has 2 rings (SSSR count). The number of thiophene rings is 1. The molecule has 0 aliphatic carbocycles. The summed E-state index contributed by atoms with van der Waals surface area (Å²) >= 11 is 7.62. The minimum atomic E-state index is -0.193. The van der Waals surface area contributed by atoms with Gasteiger partial charge < -0.3 is 5.73 Å². The van der Waals surface area contributed by atoms with E-state index >= 15 is 0 Å². The number of hydrogen-bond donors (Lipinski definition) is 1. The van der Waals surface area contributed by atoms with Gasteiger partial charge in [-0.2, -0.15) is 16.4 Å². The predicted octanol–water partition coefficient (Wildman–Crippen LogP) is 2.18. The molecule has 0 spiro atoms. The van der Waals surface area contributed by atoms with E-state index in [-0.39, 0.29) is 6.04 Å². The van der Waals surface area contributed by atoms with Crippen molar-refractivity contribution in [3.8, 4) is 0 Å². The average molecular weight is 228 g/mol. The Labute approximate surface area is 91.1 Å². The molecule has 1 unspecified atom stereocenters. The van der Waals surface area contributed by atoms with E-state index in [1.54, 1.807) is 22.2 Å². The topological polar surface area (TPSA) is 43.8 Å². The van der Waals surface area contributed by atoms with Crippen LogP contribution >= 0.6 is 22.9 Å². The van der Waals surface area contributed by atoms with Crippen molar-refractivity contribution in [2.75, 3.05) is 0 Å². The molecule has 2 N–H and O–H groups in total. The third-order valence-electron chi connectivity index (χ3n) is 2.13. The maximum absolute atomic E-state index is 6.07. The van der Waals surface area contributed by atoms with E-state index in [2.05, 4.69) is 5.10 Å². The monoisotopic (exact) mass is 227 g/mol. The lowest BCUT2D eigenvalue weighted by molar-refractivity contribution is 0.674. The summed E-state index contributed by atoms with van der Waals surface area (Å²) in [6.07, 6.45) is 1.61. The van der Waals surface area contributed by atoms with Gasteiger partial charge in [0, 0.05) is 7.05 Å². The molecule has 2 aromatic rings. The molecule has 0 fully saturated rings. The highest BCUT2D eigenvalue weighted by molar-refractivity contribution is 7.08. The first kappa shape index (κ1) is 9.71. The van der Waals surface area contributed by atoms with Crippen molar-refractivity contribution in [1.82, 2.24) is 9.78 Å². The number of hydrogen-bond acceptors (Lipinski definition) is 3. The molecule has 14 heavy (non-hydrogen) atoms. The molecule has 0 saturated heterocycles. The summed E-state index contributed by atoms with van der Waals surface area (Å²) in [5.74, 6) is 0. The Morgan fingerprint density at radius 2 is 2.43 bits per heavy atom. The van der Waals surface area contributed by atoms with Gasteiger partial charge in [-0.05, 0) is 22.4 Å². The van der Waals surface area contributed by atoms with Crippen LogP contribution < -0.4 is 5.73 Å². The van der Waals surface area contributed by atoms with Crippen molar-refractivity contribution in [2.45, 2.75) is 6.04 Å². The molecule has 2 aromatic heterocycles. The Morgan fingerprint density at radius 1 is 1.64 bits per heavy atom. The predicted molar refractivity (Wildman–Crippen MR) is 58.6 cm³/mol. The zero-order valence-electron chi connectivity index (χ0n) is 7.64. The molecule has 0 bridgehead atoms. The smallest absolute Gasteiger partial charge is 0.0837 e. The molecule has 0 aromatic carbocycles. The number of aromatic nitrogens is 2. The van der Waals surface area contributed by atoms with Crippen LogP contribution in [0.4, 0.5) is 0 Å². The van der Waals surface area contributed by atoms with Gasteiger partial charge in [-0.3, -0.25) is 4.68 Å². The van der Waals surface area contributed by atoms with Crippen molar-refractivity contribution in [2.24, 2.45) is 12.8 Å². The van der Waals surface area contributed by atoms with E-state index in [0.717, 1.165) is 11.3 Å². The lowest BCUT2D eigenvalue weighted by Crippen LogP contribution is -2.15. The number of aryl methyl sites for hydroxylation is 1. The second-order valence-electron chi connectivity index (χ2n) is 3.04. The maximum atomic E-state index is 6.07. The summed E-state index contributed by atoms with van der Waals surface area (Å²) in [5, 5.41) is 8.69. The molecular formula is C9H10ClN3S. The van der Waals surface area contributed by atoms with Crippen molar-refractivity contribution in [1.29, 1.82) is 0 Å². The van der Waals surface area contributed by atoms with Crippen molar-refractivity contribution in [3.63, 3.8) is 0 Å². The Balaban J connectivity index is 2.41. The molecule has 0 radical (unpaired) electrons. The quantitative estimate of drug-likeness (QED) is 0.855. The summed E-state index contributed by atoms with van der Waals surface area (Å²) in [5.41, 5.74) is 7.99.